The summed E-state index contributed by atoms with van der Waals surface area (Å²) in [6.07, 6.45) is 0.718. The summed E-state index contributed by atoms with van der Waals surface area (Å²) >= 11 is 1.17. The fourth-order valence-electron chi connectivity index (χ4n) is 4.06. The monoisotopic (exact) mass is 491 g/mol. The van der Waals surface area contributed by atoms with E-state index in [1.165, 1.54) is 15.6 Å². The standard InChI is InChI=1S/C22H25N3O6S2/c1-14-11-18(16(3)25(14)20-12-15(2)31-23-20)19(26)13-30-22(27)17-6-8-24(9-7-17)33(28,29)21-5-4-10-32-21/h4-5,10-12,17H,6-9,13H2,1-3H3. The van der Waals surface area contributed by atoms with Crippen molar-refractivity contribution in [2.45, 2.75) is 37.8 Å². The molecule has 0 aromatic carbocycles. The molecule has 0 bridgehead atoms. The molecule has 9 nitrogen and oxygen atoms in total. The zero-order valence-electron chi connectivity index (χ0n) is 18.6. The molecule has 1 aliphatic heterocycles. The van der Waals surface area contributed by atoms with E-state index in [4.69, 9.17) is 9.26 Å². The number of carbonyl (C=O) groups excluding carboxylic acids is 2. The van der Waals surface area contributed by atoms with Gasteiger partial charge < -0.3 is 9.26 Å². The number of thiophene rings is 1. The summed E-state index contributed by atoms with van der Waals surface area (Å²) in [6, 6.07) is 6.79. The first kappa shape index (κ1) is 23.4. The van der Waals surface area contributed by atoms with Crippen molar-refractivity contribution in [3.8, 4) is 5.82 Å². The number of sulfonamides is 1. The van der Waals surface area contributed by atoms with Crippen LogP contribution in [-0.4, -0.2) is 53.9 Å². The summed E-state index contributed by atoms with van der Waals surface area (Å²) in [7, 11) is -3.53. The van der Waals surface area contributed by atoms with Crippen LogP contribution in [0.15, 0.2) is 38.4 Å². The molecule has 0 spiro atoms. The largest absolute Gasteiger partial charge is 0.457 e. The topological polar surface area (TPSA) is 112 Å². The minimum absolute atomic E-state index is 0.242. The Morgan fingerprint density at radius 2 is 1.94 bits per heavy atom. The second-order valence-corrected chi connectivity index (χ2v) is 11.2. The van der Waals surface area contributed by atoms with Gasteiger partial charge in [-0.15, -0.1) is 11.3 Å². The molecule has 0 N–H and O–H groups in total. The molecule has 176 valence electrons. The number of aromatic nitrogens is 2. The molecule has 3 aromatic rings. The van der Waals surface area contributed by atoms with Gasteiger partial charge in [-0.25, -0.2) is 8.42 Å². The Hall–Kier alpha value is -2.76. The van der Waals surface area contributed by atoms with Gasteiger partial charge in [-0.3, -0.25) is 14.2 Å². The van der Waals surface area contributed by atoms with E-state index in [1.54, 1.807) is 43.5 Å². The third kappa shape index (κ3) is 4.66. The molecule has 0 amide bonds. The Kier molecular flexibility index (Phi) is 6.55. The number of Topliss-reactive ketones (excluding diaryl/α,β-unsaturated/α-hetero) is 1. The maximum absolute atomic E-state index is 12.7. The van der Waals surface area contributed by atoms with Crippen molar-refractivity contribution in [3.63, 3.8) is 0 Å². The molecule has 4 heterocycles. The lowest BCUT2D eigenvalue weighted by molar-refractivity contribution is -0.148. The first-order valence-electron chi connectivity index (χ1n) is 10.5. The lowest BCUT2D eigenvalue weighted by Gasteiger charge is -2.29. The molecule has 4 rings (SSSR count). The fraction of sp³-hybridized carbons (Fsp3) is 0.409. The zero-order valence-corrected chi connectivity index (χ0v) is 20.2. The van der Waals surface area contributed by atoms with Crippen LogP contribution in [0.25, 0.3) is 5.82 Å². The summed E-state index contributed by atoms with van der Waals surface area (Å²) < 4.78 is 39.2. The maximum Gasteiger partial charge on any atom is 0.309 e. The van der Waals surface area contributed by atoms with Gasteiger partial charge in [0.15, 0.2) is 12.4 Å². The SMILES string of the molecule is Cc1cc(-n2c(C)cc(C(=O)COC(=O)C3CCN(S(=O)(=O)c4cccs4)CC3)c2C)no1. The van der Waals surface area contributed by atoms with E-state index in [2.05, 4.69) is 5.16 Å². The predicted molar refractivity (Wildman–Crippen MR) is 121 cm³/mol. The number of hydrogen-bond acceptors (Lipinski definition) is 8. The summed E-state index contributed by atoms with van der Waals surface area (Å²) in [4.78, 5) is 25.3. The quantitative estimate of drug-likeness (QED) is 0.368. The van der Waals surface area contributed by atoms with Crippen LogP contribution in [0.5, 0.6) is 0 Å². The lowest BCUT2D eigenvalue weighted by Crippen LogP contribution is -2.40. The van der Waals surface area contributed by atoms with E-state index in [0.717, 1.165) is 5.69 Å². The number of hydrogen-bond donors (Lipinski definition) is 0. The van der Waals surface area contributed by atoms with Gasteiger partial charge in [0.1, 0.15) is 9.97 Å². The van der Waals surface area contributed by atoms with Gasteiger partial charge in [0.2, 0.25) is 5.78 Å². The first-order valence-corrected chi connectivity index (χ1v) is 12.9. The lowest BCUT2D eigenvalue weighted by atomic mass is 9.98. The molecule has 3 aromatic heterocycles. The van der Waals surface area contributed by atoms with Crippen LogP contribution in [0, 0.1) is 26.7 Å². The van der Waals surface area contributed by atoms with Crippen LogP contribution in [0.1, 0.15) is 40.3 Å². The zero-order chi connectivity index (χ0) is 23.8. The fourth-order valence-corrected chi connectivity index (χ4v) is 6.67. The number of rotatable bonds is 7. The van der Waals surface area contributed by atoms with Gasteiger partial charge >= 0.3 is 5.97 Å². The van der Waals surface area contributed by atoms with Gasteiger partial charge in [0.25, 0.3) is 10.0 Å². The van der Waals surface area contributed by atoms with E-state index >= 15 is 0 Å². The maximum atomic E-state index is 12.7. The van der Waals surface area contributed by atoms with Gasteiger partial charge in [-0.1, -0.05) is 11.2 Å². The molecule has 1 aliphatic rings. The van der Waals surface area contributed by atoms with Crippen LogP contribution in [0.3, 0.4) is 0 Å². The molecule has 33 heavy (non-hydrogen) atoms. The average Bonchev–Trinajstić information content (AvgIpc) is 3.53. The Labute approximate surface area is 196 Å². The highest BCUT2D eigenvalue weighted by atomic mass is 32.2. The molecule has 0 saturated carbocycles. The second kappa shape index (κ2) is 9.24. The van der Waals surface area contributed by atoms with E-state index in [-0.39, 0.29) is 25.5 Å². The Bertz CT molecular complexity index is 1270. The number of ether oxygens (including phenoxy) is 1. The molecule has 0 atom stereocenters. The van der Waals surface area contributed by atoms with Gasteiger partial charge in [0.05, 0.1) is 5.92 Å². The van der Waals surface area contributed by atoms with Crippen LogP contribution in [-0.2, 0) is 19.6 Å². The van der Waals surface area contributed by atoms with Crippen molar-refractivity contribution in [1.82, 2.24) is 14.0 Å². The number of esters is 1. The van der Waals surface area contributed by atoms with Crippen LogP contribution in [0.2, 0.25) is 0 Å². The second-order valence-electron chi connectivity index (χ2n) is 8.06. The number of ketones is 1. The number of aryl methyl sites for hydroxylation is 2. The van der Waals surface area contributed by atoms with E-state index in [0.29, 0.717) is 39.9 Å². The summed E-state index contributed by atoms with van der Waals surface area (Å²) in [5, 5.41) is 5.72. The summed E-state index contributed by atoms with van der Waals surface area (Å²) in [6.45, 7) is 5.57. The molecule has 0 aliphatic carbocycles. The minimum atomic E-state index is -3.53. The predicted octanol–water partition coefficient (Wildman–Crippen LogP) is 3.28. The molecular formula is C22H25N3O6S2. The van der Waals surface area contributed by atoms with Crippen LogP contribution in [0.4, 0.5) is 0 Å². The first-order chi connectivity index (χ1) is 15.7. The molecule has 1 saturated heterocycles. The normalized spacial score (nSPS) is 15.6. The van der Waals surface area contributed by atoms with E-state index in [9.17, 15) is 18.0 Å². The van der Waals surface area contributed by atoms with E-state index < -0.39 is 21.9 Å². The molecular weight excluding hydrogens is 466 g/mol. The summed E-state index contributed by atoms with van der Waals surface area (Å²) in [5.74, 6) is 0.0348. The molecule has 0 unspecified atom stereocenters. The van der Waals surface area contributed by atoms with Gasteiger partial charge in [0, 0.05) is 36.1 Å². The van der Waals surface area contributed by atoms with Crippen molar-refractivity contribution in [3.05, 3.63) is 52.4 Å². The van der Waals surface area contributed by atoms with Crippen molar-refractivity contribution >= 4 is 33.1 Å². The van der Waals surface area contributed by atoms with E-state index in [1.807, 2.05) is 11.5 Å². The smallest absolute Gasteiger partial charge is 0.309 e. The van der Waals surface area contributed by atoms with Crippen molar-refractivity contribution in [2.24, 2.45) is 5.92 Å². The highest BCUT2D eigenvalue weighted by molar-refractivity contribution is 7.91. The third-order valence-corrected chi connectivity index (χ3v) is 9.07. The van der Waals surface area contributed by atoms with Crippen molar-refractivity contribution in [2.75, 3.05) is 19.7 Å². The number of carbonyl (C=O) groups is 2. The van der Waals surface area contributed by atoms with Crippen molar-refractivity contribution < 1.29 is 27.3 Å². The molecule has 1 fully saturated rings. The van der Waals surface area contributed by atoms with Crippen LogP contribution >= 0.6 is 11.3 Å². The number of piperidine rings is 1. The van der Waals surface area contributed by atoms with Crippen molar-refractivity contribution in [1.29, 1.82) is 0 Å². The summed E-state index contributed by atoms with van der Waals surface area (Å²) in [5.41, 5.74) is 1.96. The highest BCUT2D eigenvalue weighted by Gasteiger charge is 2.33. The number of nitrogens with zero attached hydrogens (tertiary/aromatic N) is 3. The Morgan fingerprint density at radius 1 is 1.21 bits per heavy atom. The average molecular weight is 492 g/mol. The molecule has 0 radical (unpaired) electrons. The molecule has 11 heteroatoms. The highest BCUT2D eigenvalue weighted by Crippen LogP contribution is 2.27. The van der Waals surface area contributed by atoms with Crippen LogP contribution < -0.4 is 0 Å². The van der Waals surface area contributed by atoms with Gasteiger partial charge in [-0.05, 0) is 51.1 Å². The Morgan fingerprint density at radius 3 is 2.55 bits per heavy atom. The minimum Gasteiger partial charge on any atom is -0.457 e. The Balaban J connectivity index is 1.34. The van der Waals surface area contributed by atoms with Gasteiger partial charge in [-0.2, -0.15) is 4.31 Å². The third-order valence-electron chi connectivity index (χ3n) is 5.80.